The van der Waals surface area contributed by atoms with Gasteiger partial charge in [0, 0.05) is 31.7 Å². The zero-order chi connectivity index (χ0) is 21.6. The molecule has 2 aliphatic heterocycles. The third-order valence-electron chi connectivity index (χ3n) is 6.20. The van der Waals surface area contributed by atoms with Gasteiger partial charge < -0.3 is 19.3 Å². The molecule has 0 unspecified atom stereocenters. The van der Waals surface area contributed by atoms with Gasteiger partial charge in [0.15, 0.2) is 0 Å². The van der Waals surface area contributed by atoms with Crippen molar-refractivity contribution in [1.29, 1.82) is 0 Å². The highest BCUT2D eigenvalue weighted by Crippen LogP contribution is 2.25. The van der Waals surface area contributed by atoms with Crippen molar-refractivity contribution in [2.45, 2.75) is 25.7 Å². The van der Waals surface area contributed by atoms with Crippen LogP contribution in [0.1, 0.15) is 46.4 Å². The quantitative estimate of drug-likeness (QED) is 0.709. The Labute approximate surface area is 183 Å². The highest BCUT2D eigenvalue weighted by Gasteiger charge is 2.26. The van der Waals surface area contributed by atoms with E-state index in [1.54, 1.807) is 13.2 Å². The molecule has 2 fully saturated rings. The molecule has 0 saturated carbocycles. The number of hydrogen-bond donors (Lipinski definition) is 0. The van der Waals surface area contributed by atoms with Crippen LogP contribution in [0.5, 0.6) is 11.5 Å². The Morgan fingerprint density at radius 1 is 0.903 bits per heavy atom. The van der Waals surface area contributed by atoms with Gasteiger partial charge in [-0.05, 0) is 61.9 Å². The summed E-state index contributed by atoms with van der Waals surface area (Å²) in [5, 5.41) is 0. The first kappa shape index (κ1) is 21.2. The van der Waals surface area contributed by atoms with E-state index in [4.69, 9.17) is 9.47 Å². The molecule has 0 N–H and O–H groups in total. The van der Waals surface area contributed by atoms with E-state index in [1.807, 2.05) is 52.3 Å². The normalized spacial score (nSPS) is 16.9. The lowest BCUT2D eigenvalue weighted by atomic mass is 9.97. The van der Waals surface area contributed by atoms with Crippen LogP contribution >= 0.6 is 0 Å². The van der Waals surface area contributed by atoms with E-state index in [1.165, 1.54) is 0 Å². The molecule has 2 amide bonds. The fourth-order valence-electron chi connectivity index (χ4n) is 4.31. The van der Waals surface area contributed by atoms with Crippen LogP contribution in [0.4, 0.5) is 0 Å². The predicted octanol–water partition coefficient (Wildman–Crippen LogP) is 3.86. The van der Waals surface area contributed by atoms with E-state index in [0.29, 0.717) is 48.2 Å². The third kappa shape index (κ3) is 5.01. The molecule has 2 heterocycles. The average Bonchev–Trinajstić information content (AvgIpc) is 3.37. The number of nitrogens with zero attached hydrogens (tertiary/aromatic N) is 2. The van der Waals surface area contributed by atoms with Crippen molar-refractivity contribution in [2.24, 2.45) is 5.92 Å². The Morgan fingerprint density at radius 3 is 2.35 bits per heavy atom. The second kappa shape index (κ2) is 9.86. The van der Waals surface area contributed by atoms with Crippen LogP contribution in [0.3, 0.4) is 0 Å². The van der Waals surface area contributed by atoms with Gasteiger partial charge in [-0.2, -0.15) is 0 Å². The molecule has 0 atom stereocenters. The molecule has 2 aromatic rings. The van der Waals surface area contributed by atoms with Crippen LogP contribution in [-0.4, -0.2) is 61.5 Å². The van der Waals surface area contributed by atoms with Gasteiger partial charge >= 0.3 is 0 Å². The fourth-order valence-corrected chi connectivity index (χ4v) is 4.31. The van der Waals surface area contributed by atoms with Gasteiger partial charge in [-0.25, -0.2) is 0 Å². The monoisotopic (exact) mass is 422 g/mol. The molecule has 6 heteroatoms. The smallest absolute Gasteiger partial charge is 0.257 e. The summed E-state index contributed by atoms with van der Waals surface area (Å²) in [5.41, 5.74) is 1.30. The number of hydrogen-bond acceptors (Lipinski definition) is 4. The summed E-state index contributed by atoms with van der Waals surface area (Å²) in [4.78, 5) is 29.4. The number of carbonyl (C=O) groups excluding carboxylic acids is 2. The van der Waals surface area contributed by atoms with Crippen molar-refractivity contribution < 1.29 is 19.1 Å². The second-order valence-corrected chi connectivity index (χ2v) is 8.27. The van der Waals surface area contributed by atoms with Crippen LogP contribution < -0.4 is 9.47 Å². The first-order chi connectivity index (χ1) is 15.2. The lowest BCUT2D eigenvalue weighted by Crippen LogP contribution is -2.39. The molecule has 2 aromatic carbocycles. The first-order valence-corrected chi connectivity index (χ1v) is 11.1. The molecule has 2 saturated heterocycles. The van der Waals surface area contributed by atoms with E-state index in [0.717, 1.165) is 38.8 Å². The van der Waals surface area contributed by atoms with Gasteiger partial charge in [0.25, 0.3) is 11.8 Å². The number of para-hydroxylation sites is 1. The highest BCUT2D eigenvalue weighted by atomic mass is 16.5. The number of likely N-dealkylation sites (tertiary alicyclic amines) is 2. The van der Waals surface area contributed by atoms with E-state index < -0.39 is 0 Å². The maximum Gasteiger partial charge on any atom is 0.257 e. The SMILES string of the molecule is COc1cccc(C(=O)N2CCC(COc3ccccc3C(=O)N3CCCC3)CC2)c1. The summed E-state index contributed by atoms with van der Waals surface area (Å²) < 4.78 is 11.3. The first-order valence-electron chi connectivity index (χ1n) is 11.1. The summed E-state index contributed by atoms with van der Waals surface area (Å²) in [6, 6.07) is 14.8. The summed E-state index contributed by atoms with van der Waals surface area (Å²) in [6.07, 6.45) is 3.92. The van der Waals surface area contributed by atoms with E-state index in [9.17, 15) is 9.59 Å². The zero-order valence-electron chi connectivity index (χ0n) is 18.1. The van der Waals surface area contributed by atoms with Crippen LogP contribution in [0.2, 0.25) is 0 Å². The Hall–Kier alpha value is -3.02. The van der Waals surface area contributed by atoms with Crippen molar-refractivity contribution >= 4 is 11.8 Å². The van der Waals surface area contributed by atoms with Crippen molar-refractivity contribution in [3.63, 3.8) is 0 Å². The van der Waals surface area contributed by atoms with Gasteiger partial charge in [0.2, 0.25) is 0 Å². The van der Waals surface area contributed by atoms with E-state index >= 15 is 0 Å². The molecular formula is C25H30N2O4. The molecule has 0 bridgehead atoms. The number of rotatable bonds is 6. The number of ether oxygens (including phenoxy) is 2. The summed E-state index contributed by atoms with van der Waals surface area (Å²) >= 11 is 0. The molecular weight excluding hydrogens is 392 g/mol. The summed E-state index contributed by atoms with van der Waals surface area (Å²) in [7, 11) is 1.60. The van der Waals surface area contributed by atoms with Gasteiger partial charge in [-0.1, -0.05) is 18.2 Å². The number of amides is 2. The van der Waals surface area contributed by atoms with Gasteiger partial charge in [0.1, 0.15) is 11.5 Å². The molecule has 4 rings (SSSR count). The highest BCUT2D eigenvalue weighted by molar-refractivity contribution is 5.97. The van der Waals surface area contributed by atoms with E-state index in [2.05, 4.69) is 0 Å². The molecule has 164 valence electrons. The maximum absolute atomic E-state index is 12.8. The number of piperidine rings is 1. The molecule has 0 aromatic heterocycles. The number of methoxy groups -OCH3 is 1. The molecule has 0 radical (unpaired) electrons. The standard InChI is InChI=1S/C25H30N2O4/c1-30-21-8-6-7-20(17-21)24(28)27-15-11-19(12-16-27)18-31-23-10-3-2-9-22(23)25(29)26-13-4-5-14-26/h2-3,6-10,17,19H,4-5,11-16,18H2,1H3. The molecule has 2 aliphatic rings. The summed E-state index contributed by atoms with van der Waals surface area (Å²) in [6.45, 7) is 3.63. The Bertz CT molecular complexity index is 915. The van der Waals surface area contributed by atoms with Crippen molar-refractivity contribution in [1.82, 2.24) is 9.80 Å². The average molecular weight is 423 g/mol. The minimum atomic E-state index is 0.0415. The predicted molar refractivity (Wildman–Crippen MR) is 119 cm³/mol. The van der Waals surface area contributed by atoms with Gasteiger partial charge in [-0.3, -0.25) is 9.59 Å². The third-order valence-corrected chi connectivity index (χ3v) is 6.20. The van der Waals surface area contributed by atoms with Crippen LogP contribution in [0.25, 0.3) is 0 Å². The largest absolute Gasteiger partial charge is 0.497 e. The van der Waals surface area contributed by atoms with E-state index in [-0.39, 0.29) is 11.8 Å². The van der Waals surface area contributed by atoms with Crippen LogP contribution in [0.15, 0.2) is 48.5 Å². The molecule has 0 aliphatic carbocycles. The van der Waals surface area contributed by atoms with Gasteiger partial charge in [-0.15, -0.1) is 0 Å². The zero-order valence-corrected chi connectivity index (χ0v) is 18.1. The Kier molecular flexibility index (Phi) is 6.75. The lowest BCUT2D eigenvalue weighted by Gasteiger charge is -2.32. The minimum Gasteiger partial charge on any atom is -0.497 e. The minimum absolute atomic E-state index is 0.0415. The lowest BCUT2D eigenvalue weighted by molar-refractivity contribution is 0.0656. The summed E-state index contributed by atoms with van der Waals surface area (Å²) in [5.74, 6) is 1.82. The van der Waals surface area contributed by atoms with Crippen LogP contribution in [-0.2, 0) is 0 Å². The fraction of sp³-hybridized carbons (Fsp3) is 0.440. The maximum atomic E-state index is 12.8. The number of carbonyl (C=O) groups is 2. The Balaban J connectivity index is 1.31. The van der Waals surface area contributed by atoms with Crippen molar-refractivity contribution in [3.8, 4) is 11.5 Å². The second-order valence-electron chi connectivity index (χ2n) is 8.27. The molecule has 0 spiro atoms. The van der Waals surface area contributed by atoms with Crippen molar-refractivity contribution in [3.05, 3.63) is 59.7 Å². The Morgan fingerprint density at radius 2 is 1.61 bits per heavy atom. The topological polar surface area (TPSA) is 59.1 Å². The number of benzene rings is 2. The molecule has 6 nitrogen and oxygen atoms in total. The van der Waals surface area contributed by atoms with Crippen LogP contribution in [0, 0.1) is 5.92 Å². The molecule has 31 heavy (non-hydrogen) atoms. The van der Waals surface area contributed by atoms with Gasteiger partial charge in [0.05, 0.1) is 19.3 Å². The van der Waals surface area contributed by atoms with Crippen molar-refractivity contribution in [2.75, 3.05) is 39.9 Å².